The Morgan fingerprint density at radius 3 is 2.56 bits per heavy atom. The van der Waals surface area contributed by atoms with Crippen molar-refractivity contribution >= 4 is 38.8 Å². The third-order valence-electron chi connectivity index (χ3n) is 2.37. The Bertz CT molecular complexity index is 448. The van der Waals surface area contributed by atoms with Gasteiger partial charge in [0.1, 0.15) is 4.99 Å². The fourth-order valence-electron chi connectivity index (χ4n) is 1.45. The molecule has 0 aliphatic rings. The van der Waals surface area contributed by atoms with E-state index in [1.54, 1.807) is 25.2 Å². The summed E-state index contributed by atoms with van der Waals surface area (Å²) in [6, 6.07) is 5.12. The minimum atomic E-state index is -4.17. The highest BCUT2D eigenvalue weighted by molar-refractivity contribution is 9.10. The lowest BCUT2D eigenvalue weighted by Gasteiger charge is -2.23. The van der Waals surface area contributed by atoms with E-state index in [-0.39, 0.29) is 11.5 Å². The SMILES string of the molecule is CN(CCC(F)(F)F)c1ccc(Br)cc1C(N)=S. The molecule has 0 aliphatic heterocycles. The van der Waals surface area contributed by atoms with E-state index < -0.39 is 12.6 Å². The van der Waals surface area contributed by atoms with E-state index in [1.807, 2.05) is 0 Å². The fraction of sp³-hybridized carbons (Fsp3) is 0.364. The minimum Gasteiger partial charge on any atom is -0.389 e. The first-order valence-corrected chi connectivity index (χ1v) is 6.28. The molecule has 0 unspecified atom stereocenters. The van der Waals surface area contributed by atoms with Crippen LogP contribution in [0, 0.1) is 0 Å². The van der Waals surface area contributed by atoms with Crippen LogP contribution in [0.15, 0.2) is 22.7 Å². The quantitative estimate of drug-likeness (QED) is 0.851. The summed E-state index contributed by atoms with van der Waals surface area (Å²) in [4.78, 5) is 1.65. The fourth-order valence-corrected chi connectivity index (χ4v) is 1.98. The topological polar surface area (TPSA) is 29.3 Å². The van der Waals surface area contributed by atoms with E-state index >= 15 is 0 Å². The maximum Gasteiger partial charge on any atom is 0.390 e. The molecule has 0 fully saturated rings. The third kappa shape index (κ3) is 4.45. The molecule has 18 heavy (non-hydrogen) atoms. The van der Waals surface area contributed by atoms with Crippen LogP contribution >= 0.6 is 28.1 Å². The molecule has 0 amide bonds. The molecule has 2 N–H and O–H groups in total. The number of rotatable bonds is 4. The molecule has 0 aliphatic carbocycles. The normalized spacial score (nSPS) is 11.4. The Labute approximate surface area is 117 Å². The summed E-state index contributed by atoms with van der Waals surface area (Å²) in [5.41, 5.74) is 6.72. The van der Waals surface area contributed by atoms with Crippen LogP contribution in [-0.4, -0.2) is 24.8 Å². The van der Waals surface area contributed by atoms with Gasteiger partial charge in [-0.1, -0.05) is 28.1 Å². The standard InChI is InChI=1S/C11H12BrF3N2S/c1-17(5-4-11(13,14)15)9-3-2-7(12)6-8(9)10(16)18/h2-3,6H,4-5H2,1H3,(H2,16,18). The number of halogens is 4. The maximum absolute atomic E-state index is 12.2. The molecule has 0 saturated heterocycles. The van der Waals surface area contributed by atoms with Gasteiger partial charge in [-0.3, -0.25) is 0 Å². The molecule has 2 nitrogen and oxygen atoms in total. The Hall–Kier alpha value is -0.820. The van der Waals surface area contributed by atoms with E-state index in [1.165, 1.54) is 4.90 Å². The summed E-state index contributed by atoms with van der Waals surface area (Å²) in [5.74, 6) is 0. The molecular weight excluding hydrogens is 329 g/mol. The van der Waals surface area contributed by atoms with Gasteiger partial charge in [-0.2, -0.15) is 13.2 Å². The minimum absolute atomic E-state index is 0.138. The van der Waals surface area contributed by atoms with Gasteiger partial charge in [-0.25, -0.2) is 0 Å². The molecule has 0 heterocycles. The van der Waals surface area contributed by atoms with Crippen molar-refractivity contribution in [3.05, 3.63) is 28.2 Å². The summed E-state index contributed by atoms with van der Waals surface area (Å²) < 4.78 is 37.3. The van der Waals surface area contributed by atoms with Gasteiger partial charge in [-0.15, -0.1) is 0 Å². The molecule has 1 aromatic rings. The highest BCUT2D eigenvalue weighted by atomic mass is 79.9. The van der Waals surface area contributed by atoms with Gasteiger partial charge in [0, 0.05) is 29.3 Å². The predicted octanol–water partition coefficient (Wildman–Crippen LogP) is 3.47. The number of thiocarbonyl (C=S) groups is 1. The van der Waals surface area contributed by atoms with Crippen molar-refractivity contribution in [1.82, 2.24) is 0 Å². The van der Waals surface area contributed by atoms with Crippen molar-refractivity contribution in [1.29, 1.82) is 0 Å². The smallest absolute Gasteiger partial charge is 0.389 e. The van der Waals surface area contributed by atoms with E-state index in [0.717, 1.165) is 4.47 Å². The maximum atomic E-state index is 12.2. The zero-order valence-electron chi connectivity index (χ0n) is 9.59. The highest BCUT2D eigenvalue weighted by Gasteiger charge is 2.27. The number of nitrogens with zero attached hydrogens (tertiary/aromatic N) is 1. The summed E-state index contributed by atoms with van der Waals surface area (Å²) in [6.45, 7) is -0.138. The molecule has 0 radical (unpaired) electrons. The van der Waals surface area contributed by atoms with Crippen LogP contribution in [0.25, 0.3) is 0 Å². The van der Waals surface area contributed by atoms with Gasteiger partial charge in [0.15, 0.2) is 0 Å². The second-order valence-corrected chi connectivity index (χ2v) is 5.17. The molecule has 0 bridgehead atoms. The lowest BCUT2D eigenvalue weighted by atomic mass is 10.1. The molecule has 1 aromatic carbocycles. The van der Waals surface area contributed by atoms with Gasteiger partial charge in [-0.05, 0) is 18.2 Å². The monoisotopic (exact) mass is 340 g/mol. The van der Waals surface area contributed by atoms with Crippen LogP contribution in [0.3, 0.4) is 0 Å². The first kappa shape index (κ1) is 15.2. The molecule has 100 valence electrons. The van der Waals surface area contributed by atoms with Gasteiger partial charge in [0.25, 0.3) is 0 Å². The van der Waals surface area contributed by atoms with Crippen molar-refractivity contribution in [2.24, 2.45) is 5.73 Å². The second kappa shape index (κ2) is 5.88. The Morgan fingerprint density at radius 1 is 1.44 bits per heavy atom. The first-order chi connectivity index (χ1) is 8.20. The van der Waals surface area contributed by atoms with Crippen LogP contribution in [-0.2, 0) is 0 Å². The average Bonchev–Trinajstić information content (AvgIpc) is 2.24. The van der Waals surface area contributed by atoms with Crippen molar-refractivity contribution in [3.8, 4) is 0 Å². The number of alkyl halides is 3. The number of benzene rings is 1. The van der Waals surface area contributed by atoms with Crippen LogP contribution in [0.1, 0.15) is 12.0 Å². The molecule has 0 saturated carbocycles. The van der Waals surface area contributed by atoms with E-state index in [2.05, 4.69) is 15.9 Å². The Kier molecular flexibility index (Phi) is 4.98. The lowest BCUT2D eigenvalue weighted by molar-refractivity contribution is -0.132. The van der Waals surface area contributed by atoms with Crippen LogP contribution in [0.4, 0.5) is 18.9 Å². The zero-order chi connectivity index (χ0) is 13.9. The molecule has 1 rings (SSSR count). The number of hydrogen-bond donors (Lipinski definition) is 1. The number of hydrogen-bond acceptors (Lipinski definition) is 2. The van der Waals surface area contributed by atoms with E-state index in [4.69, 9.17) is 18.0 Å². The average molecular weight is 341 g/mol. The molecule has 0 aromatic heterocycles. The van der Waals surface area contributed by atoms with Crippen molar-refractivity contribution in [2.75, 3.05) is 18.5 Å². The third-order valence-corrected chi connectivity index (χ3v) is 3.08. The highest BCUT2D eigenvalue weighted by Crippen LogP contribution is 2.26. The largest absolute Gasteiger partial charge is 0.390 e. The van der Waals surface area contributed by atoms with Crippen molar-refractivity contribution in [2.45, 2.75) is 12.6 Å². The predicted molar refractivity (Wildman–Crippen MR) is 74.0 cm³/mol. The van der Waals surface area contributed by atoms with Gasteiger partial charge < -0.3 is 10.6 Å². The summed E-state index contributed by atoms with van der Waals surface area (Å²) in [6.07, 6.45) is -5.05. The summed E-state index contributed by atoms with van der Waals surface area (Å²) >= 11 is 8.16. The number of nitrogens with two attached hydrogens (primary N) is 1. The summed E-state index contributed by atoms with van der Waals surface area (Å²) in [5, 5.41) is 0. The van der Waals surface area contributed by atoms with Gasteiger partial charge in [0.05, 0.1) is 6.42 Å². The zero-order valence-corrected chi connectivity index (χ0v) is 12.0. The first-order valence-electron chi connectivity index (χ1n) is 5.08. The number of anilines is 1. The second-order valence-electron chi connectivity index (χ2n) is 3.81. The Morgan fingerprint density at radius 2 is 2.06 bits per heavy atom. The van der Waals surface area contributed by atoms with Crippen LogP contribution in [0.5, 0.6) is 0 Å². The van der Waals surface area contributed by atoms with E-state index in [0.29, 0.717) is 11.3 Å². The van der Waals surface area contributed by atoms with Gasteiger partial charge >= 0.3 is 6.18 Å². The van der Waals surface area contributed by atoms with Crippen LogP contribution < -0.4 is 10.6 Å². The van der Waals surface area contributed by atoms with Crippen molar-refractivity contribution in [3.63, 3.8) is 0 Å². The molecule has 0 atom stereocenters. The summed E-state index contributed by atoms with van der Waals surface area (Å²) in [7, 11) is 1.58. The molecule has 7 heteroatoms. The lowest BCUT2D eigenvalue weighted by Crippen LogP contribution is -2.26. The van der Waals surface area contributed by atoms with Gasteiger partial charge in [0.2, 0.25) is 0 Å². The van der Waals surface area contributed by atoms with E-state index in [9.17, 15) is 13.2 Å². The Balaban J connectivity index is 2.91. The molecular formula is C11H12BrF3N2S. The van der Waals surface area contributed by atoms with Crippen molar-refractivity contribution < 1.29 is 13.2 Å². The van der Waals surface area contributed by atoms with Crippen LogP contribution in [0.2, 0.25) is 0 Å². The molecule has 0 spiro atoms.